The maximum atomic E-state index is 11.8. The fraction of sp³-hybridized carbons (Fsp3) is 0.250. The SMILES string of the molecule is NCc1cn(CCC(=O)Nc2cc(Cl)ccc2Cl)nn1. The number of anilines is 1. The number of aromatic nitrogens is 3. The van der Waals surface area contributed by atoms with Crippen molar-refractivity contribution >= 4 is 34.8 Å². The van der Waals surface area contributed by atoms with Gasteiger partial charge in [-0.3, -0.25) is 9.48 Å². The monoisotopic (exact) mass is 313 g/mol. The summed E-state index contributed by atoms with van der Waals surface area (Å²) >= 11 is 11.8. The summed E-state index contributed by atoms with van der Waals surface area (Å²) in [5.41, 5.74) is 6.60. The Kier molecular flexibility index (Phi) is 4.94. The van der Waals surface area contributed by atoms with Gasteiger partial charge in [0.15, 0.2) is 0 Å². The fourth-order valence-electron chi connectivity index (χ4n) is 1.56. The molecule has 1 aromatic carbocycles. The van der Waals surface area contributed by atoms with Crippen molar-refractivity contribution in [2.24, 2.45) is 5.73 Å². The molecule has 6 nitrogen and oxygen atoms in total. The van der Waals surface area contributed by atoms with Gasteiger partial charge in [-0.2, -0.15) is 0 Å². The Balaban J connectivity index is 1.90. The normalized spacial score (nSPS) is 10.6. The summed E-state index contributed by atoms with van der Waals surface area (Å²) in [7, 11) is 0. The largest absolute Gasteiger partial charge is 0.325 e. The van der Waals surface area contributed by atoms with Crippen LogP contribution >= 0.6 is 23.2 Å². The molecule has 1 amide bonds. The van der Waals surface area contributed by atoms with Crippen LogP contribution in [0.1, 0.15) is 12.1 Å². The van der Waals surface area contributed by atoms with Crippen molar-refractivity contribution in [1.82, 2.24) is 15.0 Å². The summed E-state index contributed by atoms with van der Waals surface area (Å²) in [6.45, 7) is 0.737. The van der Waals surface area contributed by atoms with Gasteiger partial charge in [-0.1, -0.05) is 28.4 Å². The molecule has 0 spiro atoms. The molecule has 0 unspecified atom stereocenters. The van der Waals surface area contributed by atoms with Crippen molar-refractivity contribution in [3.8, 4) is 0 Å². The van der Waals surface area contributed by atoms with Crippen molar-refractivity contribution in [3.05, 3.63) is 40.1 Å². The molecule has 20 heavy (non-hydrogen) atoms. The number of rotatable bonds is 5. The molecular formula is C12H13Cl2N5O. The Morgan fingerprint density at radius 1 is 1.40 bits per heavy atom. The maximum Gasteiger partial charge on any atom is 0.226 e. The molecule has 1 aromatic heterocycles. The van der Waals surface area contributed by atoms with Gasteiger partial charge in [0.25, 0.3) is 0 Å². The quantitative estimate of drug-likeness (QED) is 0.884. The minimum Gasteiger partial charge on any atom is -0.325 e. The Morgan fingerprint density at radius 2 is 2.20 bits per heavy atom. The molecule has 0 aliphatic rings. The molecule has 8 heteroatoms. The molecule has 0 saturated heterocycles. The summed E-state index contributed by atoms with van der Waals surface area (Å²) in [5, 5.41) is 11.3. The maximum absolute atomic E-state index is 11.8. The lowest BCUT2D eigenvalue weighted by molar-refractivity contribution is -0.116. The summed E-state index contributed by atoms with van der Waals surface area (Å²) in [5.74, 6) is -0.182. The topological polar surface area (TPSA) is 85.8 Å². The van der Waals surface area contributed by atoms with Gasteiger partial charge in [0.1, 0.15) is 0 Å². The number of halogens is 2. The standard InChI is InChI=1S/C12H13Cl2N5O/c13-8-1-2-10(14)11(5-8)16-12(20)3-4-19-7-9(6-15)17-18-19/h1-2,5,7H,3-4,6,15H2,(H,16,20). The molecule has 3 N–H and O–H groups in total. The second-order valence-electron chi connectivity index (χ2n) is 4.10. The first-order chi connectivity index (χ1) is 9.58. The Labute approximate surface area is 125 Å². The van der Waals surface area contributed by atoms with E-state index in [2.05, 4.69) is 15.6 Å². The van der Waals surface area contributed by atoms with Crippen LogP contribution in [0.25, 0.3) is 0 Å². The van der Waals surface area contributed by atoms with E-state index in [4.69, 9.17) is 28.9 Å². The van der Waals surface area contributed by atoms with E-state index in [1.165, 1.54) is 0 Å². The Hall–Kier alpha value is -1.63. The summed E-state index contributed by atoms with van der Waals surface area (Å²) < 4.78 is 1.57. The number of nitrogens with zero attached hydrogens (tertiary/aromatic N) is 3. The van der Waals surface area contributed by atoms with Gasteiger partial charge in [0.2, 0.25) is 5.91 Å². The van der Waals surface area contributed by atoms with Crippen LogP contribution in [0.4, 0.5) is 5.69 Å². The van der Waals surface area contributed by atoms with Crippen molar-refractivity contribution in [3.63, 3.8) is 0 Å². The first-order valence-corrected chi connectivity index (χ1v) is 6.68. The molecule has 0 fully saturated rings. The van der Waals surface area contributed by atoms with Crippen LogP contribution in [0.3, 0.4) is 0 Å². The van der Waals surface area contributed by atoms with Gasteiger partial charge in [-0.15, -0.1) is 5.10 Å². The molecule has 1 heterocycles. The molecular weight excluding hydrogens is 301 g/mol. The number of nitrogens with one attached hydrogen (secondary N) is 1. The number of benzene rings is 1. The highest BCUT2D eigenvalue weighted by Gasteiger charge is 2.07. The van der Waals surface area contributed by atoms with E-state index < -0.39 is 0 Å². The number of hydrogen-bond donors (Lipinski definition) is 2. The molecule has 106 valence electrons. The zero-order valence-corrected chi connectivity index (χ0v) is 12.0. The van der Waals surface area contributed by atoms with E-state index >= 15 is 0 Å². The molecule has 2 aromatic rings. The zero-order valence-electron chi connectivity index (χ0n) is 10.5. The molecule has 0 aliphatic carbocycles. The van der Waals surface area contributed by atoms with Gasteiger partial charge < -0.3 is 11.1 Å². The predicted molar refractivity (Wildman–Crippen MR) is 77.6 cm³/mol. The lowest BCUT2D eigenvalue weighted by Crippen LogP contribution is -2.15. The molecule has 0 atom stereocenters. The molecule has 0 saturated carbocycles. The first-order valence-electron chi connectivity index (χ1n) is 5.92. The van der Waals surface area contributed by atoms with Crippen LogP contribution < -0.4 is 11.1 Å². The molecule has 2 rings (SSSR count). The lowest BCUT2D eigenvalue weighted by Gasteiger charge is -2.07. The van der Waals surface area contributed by atoms with Crippen molar-refractivity contribution in [2.75, 3.05) is 5.32 Å². The van der Waals surface area contributed by atoms with E-state index in [9.17, 15) is 4.79 Å². The van der Waals surface area contributed by atoms with E-state index in [0.717, 1.165) is 0 Å². The summed E-state index contributed by atoms with van der Waals surface area (Å²) in [6, 6.07) is 4.89. The average molecular weight is 314 g/mol. The summed E-state index contributed by atoms with van der Waals surface area (Å²) in [4.78, 5) is 11.8. The van der Waals surface area contributed by atoms with Gasteiger partial charge >= 0.3 is 0 Å². The summed E-state index contributed by atoms with van der Waals surface area (Å²) in [6.07, 6.45) is 1.95. The van der Waals surface area contributed by atoms with Crippen molar-refractivity contribution < 1.29 is 4.79 Å². The Bertz CT molecular complexity index is 614. The highest BCUT2D eigenvalue weighted by atomic mass is 35.5. The van der Waals surface area contributed by atoms with E-state index in [1.807, 2.05) is 0 Å². The number of amides is 1. The number of aryl methyl sites for hydroxylation is 1. The van der Waals surface area contributed by atoms with E-state index in [1.54, 1.807) is 29.1 Å². The predicted octanol–water partition coefficient (Wildman–Crippen LogP) is 2.07. The smallest absolute Gasteiger partial charge is 0.226 e. The van der Waals surface area contributed by atoms with Gasteiger partial charge in [-0.25, -0.2) is 0 Å². The Morgan fingerprint density at radius 3 is 2.90 bits per heavy atom. The number of hydrogen-bond acceptors (Lipinski definition) is 4. The van der Waals surface area contributed by atoms with Crippen molar-refractivity contribution in [2.45, 2.75) is 19.5 Å². The highest BCUT2D eigenvalue weighted by molar-refractivity contribution is 6.35. The minimum atomic E-state index is -0.182. The third-order valence-corrected chi connectivity index (χ3v) is 3.13. The van der Waals surface area contributed by atoms with Crippen molar-refractivity contribution in [1.29, 1.82) is 0 Å². The van der Waals surface area contributed by atoms with Crippen LogP contribution in [-0.4, -0.2) is 20.9 Å². The van der Waals surface area contributed by atoms with Gasteiger partial charge in [0, 0.05) is 24.2 Å². The first kappa shape index (κ1) is 14.8. The second-order valence-corrected chi connectivity index (χ2v) is 4.94. The molecule has 0 aliphatic heterocycles. The zero-order chi connectivity index (χ0) is 14.5. The number of carbonyl (C=O) groups is 1. The van der Waals surface area contributed by atoms with Crippen LogP contribution in [0, 0.1) is 0 Å². The second kappa shape index (κ2) is 6.69. The van der Waals surface area contributed by atoms with Crippen LogP contribution in [0.5, 0.6) is 0 Å². The minimum absolute atomic E-state index is 0.182. The van der Waals surface area contributed by atoms with Gasteiger partial charge in [0.05, 0.1) is 22.9 Å². The highest BCUT2D eigenvalue weighted by Crippen LogP contribution is 2.25. The molecule has 0 radical (unpaired) electrons. The van der Waals surface area contributed by atoms with Crippen LogP contribution in [0.15, 0.2) is 24.4 Å². The van der Waals surface area contributed by atoms with E-state index in [-0.39, 0.29) is 12.3 Å². The van der Waals surface area contributed by atoms with Crippen LogP contribution in [0.2, 0.25) is 10.0 Å². The third-order valence-electron chi connectivity index (χ3n) is 2.57. The lowest BCUT2D eigenvalue weighted by atomic mass is 10.3. The third kappa shape index (κ3) is 3.93. The molecule has 0 bridgehead atoms. The van der Waals surface area contributed by atoms with E-state index in [0.29, 0.717) is 34.5 Å². The number of carbonyl (C=O) groups excluding carboxylic acids is 1. The fourth-order valence-corrected chi connectivity index (χ4v) is 1.90. The average Bonchev–Trinajstić information content (AvgIpc) is 2.89. The van der Waals surface area contributed by atoms with Crippen LogP contribution in [-0.2, 0) is 17.9 Å². The number of nitrogens with two attached hydrogens (primary N) is 1. The van der Waals surface area contributed by atoms with Gasteiger partial charge in [-0.05, 0) is 18.2 Å².